The lowest BCUT2D eigenvalue weighted by atomic mass is 10.0. The van der Waals surface area contributed by atoms with Crippen molar-refractivity contribution in [2.24, 2.45) is 0 Å². The molecule has 33 heavy (non-hydrogen) atoms. The van der Waals surface area contributed by atoms with Crippen molar-refractivity contribution in [2.75, 3.05) is 0 Å². The summed E-state index contributed by atoms with van der Waals surface area (Å²) in [5.74, 6) is -0.365. The van der Waals surface area contributed by atoms with Gasteiger partial charge in [-0.3, -0.25) is 0 Å². The molecule has 0 saturated carbocycles. The lowest BCUT2D eigenvalue weighted by Crippen LogP contribution is -2.32. The van der Waals surface area contributed by atoms with Crippen molar-refractivity contribution in [1.82, 2.24) is 4.98 Å². The van der Waals surface area contributed by atoms with Crippen molar-refractivity contribution in [3.8, 4) is 16.3 Å². The zero-order valence-electron chi connectivity index (χ0n) is 18.6. The summed E-state index contributed by atoms with van der Waals surface area (Å²) < 4.78 is 13.6. The second kappa shape index (κ2) is 7.82. The molecule has 2 aromatic carbocycles. The van der Waals surface area contributed by atoms with Crippen molar-refractivity contribution in [1.29, 1.82) is 0 Å². The van der Waals surface area contributed by atoms with Crippen molar-refractivity contribution in [2.45, 2.75) is 57.8 Å². The number of thiophene rings is 1. The van der Waals surface area contributed by atoms with E-state index in [1.165, 1.54) is 10.1 Å². The molecule has 1 N–H and O–H groups in total. The molecule has 6 rings (SSSR count). The first-order valence-corrected chi connectivity index (χ1v) is 12.3. The van der Waals surface area contributed by atoms with Crippen LogP contribution in [0.5, 0.6) is 5.75 Å². The van der Waals surface area contributed by atoms with E-state index in [1.54, 1.807) is 17.4 Å². The van der Waals surface area contributed by atoms with Crippen LogP contribution in [0.2, 0.25) is 0 Å². The summed E-state index contributed by atoms with van der Waals surface area (Å²) >= 11 is 1.65. The molecule has 2 aliphatic heterocycles. The third kappa shape index (κ3) is 3.49. The van der Waals surface area contributed by atoms with Gasteiger partial charge in [0, 0.05) is 17.5 Å². The topological polar surface area (TPSA) is 68.7 Å². The van der Waals surface area contributed by atoms with Gasteiger partial charge in [-0.05, 0) is 61.4 Å². The minimum Gasteiger partial charge on any atom is -0.489 e. The van der Waals surface area contributed by atoms with Crippen LogP contribution >= 0.6 is 11.3 Å². The Balaban J connectivity index is 1.50. The van der Waals surface area contributed by atoms with Gasteiger partial charge in [-0.15, -0.1) is 11.3 Å². The van der Waals surface area contributed by atoms with Crippen molar-refractivity contribution in [3.05, 3.63) is 59.2 Å². The summed E-state index contributed by atoms with van der Waals surface area (Å²) in [5, 5.41) is 11.9. The summed E-state index contributed by atoms with van der Waals surface area (Å²) in [4.78, 5) is 18.4. The van der Waals surface area contributed by atoms with Crippen molar-refractivity contribution >= 4 is 38.3 Å². The fourth-order valence-corrected chi connectivity index (χ4v) is 6.50. The monoisotopic (exact) mass is 459 g/mol. The number of nitrogens with zero attached hydrogens (tertiary/aromatic N) is 1. The number of ether oxygens (including phenoxy) is 2. The van der Waals surface area contributed by atoms with Gasteiger partial charge in [0.2, 0.25) is 0 Å². The first-order valence-electron chi connectivity index (χ1n) is 11.5. The Bertz CT molecular complexity index is 1400. The maximum atomic E-state index is 12.4. The number of aryl methyl sites for hydroxylation is 2. The predicted octanol–water partition coefficient (Wildman–Crippen LogP) is 6.52. The second-order valence-corrected chi connectivity index (χ2v) is 10.2. The number of hydrogen-bond donors (Lipinski definition) is 1. The number of hydrogen-bond acceptors (Lipinski definition) is 5. The van der Waals surface area contributed by atoms with E-state index in [1.807, 2.05) is 31.2 Å². The Morgan fingerprint density at radius 3 is 2.61 bits per heavy atom. The van der Waals surface area contributed by atoms with Crippen LogP contribution in [0.1, 0.15) is 47.2 Å². The molecule has 3 atom stereocenters. The number of carboxylic acid groups (broad SMARTS) is 1. The van der Waals surface area contributed by atoms with Gasteiger partial charge in [0.25, 0.3) is 0 Å². The van der Waals surface area contributed by atoms with Gasteiger partial charge in [-0.1, -0.05) is 24.3 Å². The van der Waals surface area contributed by atoms with Gasteiger partial charge >= 0.3 is 5.97 Å². The number of carbonyl (C=O) groups is 1. The number of carboxylic acids is 1. The molecule has 2 aliphatic rings. The maximum Gasteiger partial charge on any atom is 0.336 e. The average molecular weight is 460 g/mol. The summed E-state index contributed by atoms with van der Waals surface area (Å²) in [6.07, 6.45) is 4.41. The first-order chi connectivity index (χ1) is 16.0. The average Bonchev–Trinajstić information content (AvgIpc) is 3.33. The van der Waals surface area contributed by atoms with E-state index in [-0.39, 0.29) is 23.9 Å². The van der Waals surface area contributed by atoms with Gasteiger partial charge in [0.15, 0.2) is 0 Å². The second-order valence-electron chi connectivity index (χ2n) is 9.19. The highest BCUT2D eigenvalue weighted by atomic mass is 32.1. The molecule has 4 heterocycles. The molecule has 168 valence electrons. The largest absolute Gasteiger partial charge is 0.489 e. The summed E-state index contributed by atoms with van der Waals surface area (Å²) in [6, 6.07) is 13.8. The molecular weight excluding hydrogens is 434 g/mol. The molecule has 2 saturated heterocycles. The third-order valence-electron chi connectivity index (χ3n) is 6.97. The third-order valence-corrected chi connectivity index (χ3v) is 8.27. The number of rotatable bonds is 4. The lowest BCUT2D eigenvalue weighted by Gasteiger charge is -2.29. The number of aromatic carboxylic acids is 1. The molecule has 0 spiro atoms. The molecule has 0 amide bonds. The Labute approximate surface area is 196 Å². The van der Waals surface area contributed by atoms with Gasteiger partial charge in [0.05, 0.1) is 39.2 Å². The Morgan fingerprint density at radius 1 is 1.12 bits per heavy atom. The molecule has 0 radical (unpaired) electrons. The first kappa shape index (κ1) is 20.6. The van der Waals surface area contributed by atoms with Gasteiger partial charge in [0.1, 0.15) is 11.9 Å². The van der Waals surface area contributed by atoms with E-state index >= 15 is 0 Å². The Hall–Kier alpha value is -2.96. The molecular formula is C27H25NO4S. The van der Waals surface area contributed by atoms with E-state index in [0.29, 0.717) is 22.3 Å². The minimum atomic E-state index is -0.968. The van der Waals surface area contributed by atoms with Crippen molar-refractivity contribution in [3.63, 3.8) is 0 Å². The van der Waals surface area contributed by atoms with Crippen LogP contribution in [0.3, 0.4) is 0 Å². The van der Waals surface area contributed by atoms with Gasteiger partial charge in [-0.25, -0.2) is 9.78 Å². The molecule has 6 heteroatoms. The Kier molecular flexibility index (Phi) is 4.89. The van der Waals surface area contributed by atoms with Crippen LogP contribution in [0.4, 0.5) is 0 Å². The predicted molar refractivity (Wildman–Crippen MR) is 131 cm³/mol. The number of benzene rings is 2. The van der Waals surface area contributed by atoms with Gasteiger partial charge in [-0.2, -0.15) is 0 Å². The number of pyridine rings is 1. The Morgan fingerprint density at radius 2 is 1.88 bits per heavy atom. The molecule has 5 nitrogen and oxygen atoms in total. The number of fused-ring (bicyclic) bond motifs is 4. The van der Waals surface area contributed by atoms with Crippen LogP contribution in [-0.2, 0) is 4.74 Å². The fraction of sp³-hybridized carbons (Fsp3) is 0.333. The van der Waals surface area contributed by atoms with E-state index in [0.717, 1.165) is 41.7 Å². The van der Waals surface area contributed by atoms with E-state index in [9.17, 15) is 9.90 Å². The normalized spacial score (nSPS) is 22.2. The molecule has 2 fully saturated rings. The standard InChI is InChI=1S/C27H25NO4S/c1-14-7-10-22(32-18-11-16-8-9-17(12-18)31-16)24-20(27(29)30)13-21(28-25(14)24)26-15(2)19-5-3-4-6-23(19)33-26/h3-7,10,13,16-18H,8-9,11-12H2,1-2H3,(H,29,30)/t16-,17+,18+. The number of aromatic nitrogens is 1. The highest BCUT2D eigenvalue weighted by Gasteiger charge is 2.36. The molecule has 2 bridgehead atoms. The SMILES string of the molecule is Cc1c(-c2cc(C(=O)O)c3c(O[C@H]4C[C@H]5CC[C@@H](C4)O5)ccc(C)c3n2)sc2ccccc12. The maximum absolute atomic E-state index is 12.4. The van der Waals surface area contributed by atoms with Crippen LogP contribution in [0, 0.1) is 13.8 Å². The molecule has 2 aromatic heterocycles. The summed E-state index contributed by atoms with van der Waals surface area (Å²) in [7, 11) is 0. The molecule has 4 aromatic rings. The highest BCUT2D eigenvalue weighted by Crippen LogP contribution is 2.41. The van der Waals surface area contributed by atoms with E-state index < -0.39 is 5.97 Å². The zero-order valence-corrected chi connectivity index (χ0v) is 19.4. The van der Waals surface area contributed by atoms with Crippen LogP contribution in [0.25, 0.3) is 31.6 Å². The van der Waals surface area contributed by atoms with Crippen LogP contribution < -0.4 is 4.74 Å². The van der Waals surface area contributed by atoms with E-state index in [2.05, 4.69) is 19.1 Å². The zero-order chi connectivity index (χ0) is 22.7. The molecule has 0 aliphatic carbocycles. The smallest absolute Gasteiger partial charge is 0.336 e. The van der Waals surface area contributed by atoms with Gasteiger partial charge < -0.3 is 14.6 Å². The van der Waals surface area contributed by atoms with Crippen molar-refractivity contribution < 1.29 is 19.4 Å². The highest BCUT2D eigenvalue weighted by molar-refractivity contribution is 7.22. The summed E-state index contributed by atoms with van der Waals surface area (Å²) in [5.41, 5.74) is 3.69. The molecule has 0 unspecified atom stereocenters. The van der Waals surface area contributed by atoms with Crippen LogP contribution in [0.15, 0.2) is 42.5 Å². The van der Waals surface area contributed by atoms with E-state index in [4.69, 9.17) is 14.5 Å². The lowest BCUT2D eigenvalue weighted by molar-refractivity contribution is -0.0435. The fourth-order valence-electron chi connectivity index (χ4n) is 5.33. The summed E-state index contributed by atoms with van der Waals surface area (Å²) in [6.45, 7) is 4.05. The quantitative estimate of drug-likeness (QED) is 0.376. The van der Waals surface area contributed by atoms with Crippen LogP contribution in [-0.4, -0.2) is 34.4 Å². The minimum absolute atomic E-state index is 0.0355.